The zero-order valence-electron chi connectivity index (χ0n) is 22.1. The van der Waals surface area contributed by atoms with Crippen LogP contribution in [-0.2, 0) is 22.6 Å². The molecule has 4 aromatic rings. The number of hydrogen-bond acceptors (Lipinski definition) is 3. The second-order valence-corrected chi connectivity index (χ2v) is 10.6. The number of aromatic amines is 1. The number of aromatic nitrogens is 1. The third-order valence-electron chi connectivity index (χ3n) is 8.26. The molecule has 0 spiro atoms. The lowest BCUT2D eigenvalue weighted by Crippen LogP contribution is -2.58. The van der Waals surface area contributed by atoms with Gasteiger partial charge < -0.3 is 20.5 Å². The average molecular weight is 521 g/mol. The highest BCUT2D eigenvalue weighted by Crippen LogP contribution is 2.46. The SMILES string of the molecule is CC[C@@H](C)[C@H](NC(=O)[C@@H]1Cc2c([nH]c3ccccc23)[C@H]2c3ccccc3C(=O)N21)C(=O)NCc1ccccc1. The lowest BCUT2D eigenvalue weighted by Gasteiger charge is -2.38. The molecule has 3 aromatic carbocycles. The summed E-state index contributed by atoms with van der Waals surface area (Å²) in [5.41, 5.74) is 5.49. The quantitative estimate of drug-likeness (QED) is 0.335. The second-order valence-electron chi connectivity index (χ2n) is 10.6. The molecule has 3 N–H and O–H groups in total. The number of nitrogens with zero attached hydrogens (tertiary/aromatic N) is 1. The maximum atomic E-state index is 14.0. The molecule has 39 heavy (non-hydrogen) atoms. The van der Waals surface area contributed by atoms with E-state index < -0.39 is 12.1 Å². The van der Waals surface area contributed by atoms with E-state index in [0.29, 0.717) is 18.5 Å². The van der Waals surface area contributed by atoms with Crippen molar-refractivity contribution in [2.24, 2.45) is 5.92 Å². The van der Waals surface area contributed by atoms with Crippen LogP contribution in [0.1, 0.15) is 59.1 Å². The Morgan fingerprint density at radius 2 is 1.72 bits per heavy atom. The number of rotatable bonds is 7. The molecule has 6 rings (SSSR count). The van der Waals surface area contributed by atoms with Gasteiger partial charge in [-0.1, -0.05) is 87.0 Å². The highest BCUT2D eigenvalue weighted by Gasteiger charge is 2.49. The number of amides is 3. The summed E-state index contributed by atoms with van der Waals surface area (Å²) in [5, 5.41) is 7.09. The van der Waals surface area contributed by atoms with Crippen LogP contribution in [0.2, 0.25) is 0 Å². The van der Waals surface area contributed by atoms with Crippen molar-refractivity contribution in [3.8, 4) is 0 Å². The van der Waals surface area contributed by atoms with Gasteiger partial charge in [-0.3, -0.25) is 14.4 Å². The van der Waals surface area contributed by atoms with Gasteiger partial charge in [-0.15, -0.1) is 0 Å². The van der Waals surface area contributed by atoms with Crippen LogP contribution in [0.3, 0.4) is 0 Å². The largest absolute Gasteiger partial charge is 0.356 e. The minimum absolute atomic E-state index is 0.0840. The Bertz CT molecular complexity index is 1560. The third-order valence-corrected chi connectivity index (χ3v) is 8.26. The summed E-state index contributed by atoms with van der Waals surface area (Å²) < 4.78 is 0. The number of hydrogen-bond donors (Lipinski definition) is 3. The van der Waals surface area contributed by atoms with E-state index in [1.165, 1.54) is 0 Å². The molecule has 7 nitrogen and oxygen atoms in total. The molecule has 0 aliphatic carbocycles. The van der Waals surface area contributed by atoms with Crippen molar-refractivity contribution >= 4 is 28.6 Å². The van der Waals surface area contributed by atoms with Gasteiger partial charge in [-0.05, 0) is 34.7 Å². The molecule has 2 aliphatic heterocycles. The number of nitrogens with one attached hydrogen (secondary N) is 3. The molecule has 3 amide bonds. The van der Waals surface area contributed by atoms with Gasteiger partial charge in [0.2, 0.25) is 11.8 Å². The Hall–Kier alpha value is -4.39. The Morgan fingerprint density at radius 3 is 2.51 bits per heavy atom. The van der Waals surface area contributed by atoms with Crippen LogP contribution in [-0.4, -0.2) is 39.7 Å². The topological polar surface area (TPSA) is 94.3 Å². The Balaban J connectivity index is 1.32. The summed E-state index contributed by atoms with van der Waals surface area (Å²) in [6.45, 7) is 4.35. The molecular weight excluding hydrogens is 488 g/mol. The van der Waals surface area contributed by atoms with Gasteiger partial charge in [0.15, 0.2) is 0 Å². The van der Waals surface area contributed by atoms with Gasteiger partial charge in [0.1, 0.15) is 12.1 Å². The first-order chi connectivity index (χ1) is 19.0. The summed E-state index contributed by atoms with van der Waals surface area (Å²) in [6.07, 6.45) is 1.10. The molecule has 2 aliphatic rings. The van der Waals surface area contributed by atoms with Crippen molar-refractivity contribution in [3.05, 3.63) is 107 Å². The van der Waals surface area contributed by atoms with Crippen LogP contribution in [0.25, 0.3) is 10.9 Å². The van der Waals surface area contributed by atoms with Crippen LogP contribution >= 0.6 is 0 Å². The highest BCUT2D eigenvalue weighted by molar-refractivity contribution is 6.04. The predicted octanol–water partition coefficient (Wildman–Crippen LogP) is 4.49. The lowest BCUT2D eigenvalue weighted by atomic mass is 9.89. The number of H-pyrrole nitrogens is 1. The average Bonchev–Trinajstić information content (AvgIpc) is 3.49. The first-order valence-corrected chi connectivity index (χ1v) is 13.6. The maximum absolute atomic E-state index is 14.0. The van der Waals surface area contributed by atoms with Gasteiger partial charge in [0, 0.05) is 35.1 Å². The van der Waals surface area contributed by atoms with Crippen LogP contribution in [0.4, 0.5) is 0 Å². The summed E-state index contributed by atoms with van der Waals surface area (Å²) in [6, 6.07) is 23.5. The van der Waals surface area contributed by atoms with Crippen LogP contribution in [0.5, 0.6) is 0 Å². The lowest BCUT2D eigenvalue weighted by molar-refractivity contribution is -0.133. The van der Waals surface area contributed by atoms with Crippen LogP contribution < -0.4 is 10.6 Å². The molecule has 7 heteroatoms. The van der Waals surface area contributed by atoms with Gasteiger partial charge in [-0.2, -0.15) is 0 Å². The number of para-hydroxylation sites is 1. The predicted molar refractivity (Wildman–Crippen MR) is 150 cm³/mol. The van der Waals surface area contributed by atoms with E-state index in [1.54, 1.807) is 4.90 Å². The number of carbonyl (C=O) groups excluding carboxylic acids is 3. The van der Waals surface area contributed by atoms with E-state index >= 15 is 0 Å². The summed E-state index contributed by atoms with van der Waals surface area (Å²) >= 11 is 0. The van der Waals surface area contributed by atoms with E-state index in [4.69, 9.17) is 0 Å². The fourth-order valence-electron chi connectivity index (χ4n) is 5.98. The number of fused-ring (bicyclic) bond motifs is 7. The van der Waals surface area contributed by atoms with E-state index in [2.05, 4.69) is 21.7 Å². The van der Waals surface area contributed by atoms with E-state index in [1.807, 2.05) is 86.6 Å². The molecule has 0 bridgehead atoms. The van der Waals surface area contributed by atoms with Crippen LogP contribution in [0, 0.1) is 5.92 Å². The Kier molecular flexibility index (Phi) is 6.43. The molecule has 0 unspecified atom stereocenters. The fraction of sp³-hybridized carbons (Fsp3) is 0.281. The molecule has 0 radical (unpaired) electrons. The zero-order valence-corrected chi connectivity index (χ0v) is 22.1. The van der Waals surface area contributed by atoms with Crippen molar-refractivity contribution in [2.45, 2.75) is 51.4 Å². The Labute approximate surface area is 227 Å². The summed E-state index contributed by atoms with van der Waals surface area (Å²) in [7, 11) is 0. The van der Waals surface area contributed by atoms with Crippen molar-refractivity contribution in [1.82, 2.24) is 20.5 Å². The molecule has 0 fully saturated rings. The van der Waals surface area contributed by atoms with Gasteiger partial charge in [0.05, 0.1) is 6.04 Å². The summed E-state index contributed by atoms with van der Waals surface area (Å²) in [5.74, 6) is -0.775. The minimum Gasteiger partial charge on any atom is -0.356 e. The third kappa shape index (κ3) is 4.28. The van der Waals surface area contributed by atoms with Crippen molar-refractivity contribution < 1.29 is 14.4 Å². The van der Waals surface area contributed by atoms with Crippen molar-refractivity contribution in [2.75, 3.05) is 0 Å². The molecule has 198 valence electrons. The normalized spacial score (nSPS) is 19.1. The molecule has 0 saturated carbocycles. The van der Waals surface area contributed by atoms with Crippen molar-refractivity contribution in [3.63, 3.8) is 0 Å². The Morgan fingerprint density at radius 1 is 1.00 bits per heavy atom. The second kappa shape index (κ2) is 10.1. The highest BCUT2D eigenvalue weighted by atomic mass is 16.2. The van der Waals surface area contributed by atoms with Gasteiger partial charge >= 0.3 is 0 Å². The standard InChI is InChI=1S/C32H32N4O3/c1-3-19(2)27(31(38)33-18-20-11-5-4-6-12-20)35-30(37)26-17-24-21-13-9-10-16-25(21)34-28(24)29-22-14-7-8-15-23(22)32(39)36(26)29/h4-16,19,26-27,29,34H,3,17-18H2,1-2H3,(H,33,38)(H,35,37)/t19-,26+,27+,29-/m1/s1. The van der Waals surface area contributed by atoms with Crippen molar-refractivity contribution in [1.29, 1.82) is 0 Å². The molecule has 4 atom stereocenters. The fourth-order valence-corrected chi connectivity index (χ4v) is 5.98. The number of carbonyl (C=O) groups is 3. The zero-order chi connectivity index (χ0) is 27.1. The van der Waals surface area contributed by atoms with Gasteiger partial charge in [-0.25, -0.2) is 0 Å². The maximum Gasteiger partial charge on any atom is 0.255 e. The minimum atomic E-state index is -0.741. The molecule has 0 saturated heterocycles. The van der Waals surface area contributed by atoms with E-state index in [0.717, 1.165) is 39.7 Å². The van der Waals surface area contributed by atoms with E-state index in [9.17, 15) is 14.4 Å². The monoisotopic (exact) mass is 520 g/mol. The summed E-state index contributed by atoms with van der Waals surface area (Å²) in [4.78, 5) is 46.3. The van der Waals surface area contributed by atoms with E-state index in [-0.39, 0.29) is 29.7 Å². The first-order valence-electron chi connectivity index (χ1n) is 13.6. The molecular formula is C32H32N4O3. The molecule has 1 aromatic heterocycles. The smallest absolute Gasteiger partial charge is 0.255 e. The number of benzene rings is 3. The molecule has 3 heterocycles. The van der Waals surface area contributed by atoms with Crippen LogP contribution in [0.15, 0.2) is 78.9 Å². The van der Waals surface area contributed by atoms with Gasteiger partial charge in [0.25, 0.3) is 5.91 Å². The first kappa shape index (κ1) is 24.9.